The molecule has 0 nitrogen and oxygen atoms in total. The van der Waals surface area contributed by atoms with Gasteiger partial charge in [-0.1, -0.05) is 0 Å². The second-order valence-electron chi connectivity index (χ2n) is 3.99. The molecule has 0 aliphatic rings. The maximum atomic E-state index is 13.0. The average molecular weight is 376 g/mol. The molecule has 0 spiro atoms. The van der Waals surface area contributed by atoms with E-state index in [1.807, 2.05) is 26.0 Å². The van der Waals surface area contributed by atoms with Crippen molar-refractivity contribution in [3.63, 3.8) is 0 Å². The Hall–Kier alpha value is -0.661. The molecule has 2 aromatic rings. The first-order chi connectivity index (χ1) is 8.56. The van der Waals surface area contributed by atoms with E-state index in [2.05, 4.69) is 0 Å². The summed E-state index contributed by atoms with van der Waals surface area (Å²) in [5.74, 6) is -0.366. The number of hydrogen-bond acceptors (Lipinski definition) is 0. The zero-order valence-electron chi connectivity index (χ0n) is 10.0. The Bertz CT molecular complexity index is 516. The normalized spacial score (nSPS) is 10.7. The van der Waals surface area contributed by atoms with Crippen LogP contribution in [-0.2, 0) is 0 Å². The molecule has 0 aliphatic heterocycles. The SMILES string of the molecule is Cc1cc(F)ccc1[Se][Se]c1ccc(F)cc1C. The molecule has 0 bridgehead atoms. The van der Waals surface area contributed by atoms with Crippen LogP contribution in [0.4, 0.5) is 8.78 Å². The molecule has 0 amide bonds. The van der Waals surface area contributed by atoms with E-state index >= 15 is 0 Å². The van der Waals surface area contributed by atoms with Crippen molar-refractivity contribution in [2.24, 2.45) is 0 Å². The Kier molecular flexibility index (Phi) is 4.58. The second kappa shape index (κ2) is 5.99. The molecule has 0 fully saturated rings. The first-order valence-electron chi connectivity index (χ1n) is 5.43. The molecule has 2 aromatic carbocycles. The molecule has 18 heavy (non-hydrogen) atoms. The van der Waals surface area contributed by atoms with E-state index in [9.17, 15) is 8.78 Å². The first kappa shape index (κ1) is 13.8. The van der Waals surface area contributed by atoms with Crippen molar-refractivity contribution < 1.29 is 8.78 Å². The van der Waals surface area contributed by atoms with E-state index in [1.54, 1.807) is 12.1 Å². The molecule has 4 heteroatoms. The van der Waals surface area contributed by atoms with Crippen molar-refractivity contribution in [1.82, 2.24) is 0 Å². The van der Waals surface area contributed by atoms with Crippen molar-refractivity contribution >= 4 is 35.2 Å². The van der Waals surface area contributed by atoms with Crippen LogP contribution in [0.15, 0.2) is 36.4 Å². The number of rotatable bonds is 3. The average Bonchev–Trinajstić information content (AvgIpc) is 2.30. The van der Waals surface area contributed by atoms with Gasteiger partial charge in [-0.05, 0) is 0 Å². The van der Waals surface area contributed by atoms with Crippen LogP contribution in [0.1, 0.15) is 11.1 Å². The fourth-order valence-electron chi connectivity index (χ4n) is 1.50. The molecule has 0 saturated carbocycles. The van der Waals surface area contributed by atoms with Crippen molar-refractivity contribution in [1.29, 1.82) is 0 Å². The monoisotopic (exact) mass is 378 g/mol. The van der Waals surface area contributed by atoms with Crippen LogP contribution in [0.2, 0.25) is 0 Å². The minimum atomic E-state index is -0.183. The molecule has 0 N–H and O–H groups in total. The Morgan fingerprint density at radius 3 is 1.44 bits per heavy atom. The Morgan fingerprint density at radius 2 is 1.11 bits per heavy atom. The van der Waals surface area contributed by atoms with E-state index < -0.39 is 0 Å². The minimum absolute atomic E-state index is 0.183. The van der Waals surface area contributed by atoms with Gasteiger partial charge >= 0.3 is 117 Å². The summed E-state index contributed by atoms with van der Waals surface area (Å²) in [6, 6.07) is 9.90. The number of hydrogen-bond donors (Lipinski definition) is 0. The van der Waals surface area contributed by atoms with Crippen LogP contribution in [0.5, 0.6) is 0 Å². The summed E-state index contributed by atoms with van der Waals surface area (Å²) in [6.07, 6.45) is 0. The standard InChI is InChI=1S/C14H12F2Se2/c1-9-7-11(15)3-5-13(9)17-18-14-6-4-12(16)8-10(14)2/h3-8H,1-2H3. The van der Waals surface area contributed by atoms with Crippen LogP contribution in [-0.4, -0.2) is 26.3 Å². The topological polar surface area (TPSA) is 0 Å². The van der Waals surface area contributed by atoms with Crippen LogP contribution < -0.4 is 8.92 Å². The predicted octanol–water partition coefficient (Wildman–Crippen LogP) is 1.86. The van der Waals surface area contributed by atoms with E-state index in [4.69, 9.17) is 0 Å². The van der Waals surface area contributed by atoms with Gasteiger partial charge in [0.15, 0.2) is 0 Å². The van der Waals surface area contributed by atoms with Crippen LogP contribution in [0, 0.1) is 25.5 Å². The van der Waals surface area contributed by atoms with Crippen LogP contribution in [0.25, 0.3) is 0 Å². The van der Waals surface area contributed by atoms with Crippen molar-refractivity contribution in [2.45, 2.75) is 13.8 Å². The van der Waals surface area contributed by atoms with Gasteiger partial charge in [-0.2, -0.15) is 0 Å². The molecule has 2 rings (SSSR count). The van der Waals surface area contributed by atoms with Gasteiger partial charge in [-0.3, -0.25) is 0 Å². The molecule has 0 aliphatic carbocycles. The Labute approximate surface area is 117 Å². The van der Waals surface area contributed by atoms with E-state index in [0.717, 1.165) is 11.1 Å². The molecule has 0 heterocycles. The van der Waals surface area contributed by atoms with Gasteiger partial charge in [0.05, 0.1) is 0 Å². The van der Waals surface area contributed by atoms with Crippen molar-refractivity contribution in [3.05, 3.63) is 59.2 Å². The van der Waals surface area contributed by atoms with Gasteiger partial charge in [-0.15, -0.1) is 0 Å². The summed E-state index contributed by atoms with van der Waals surface area (Å²) in [5.41, 5.74) is 2.02. The quantitative estimate of drug-likeness (QED) is 0.718. The predicted molar refractivity (Wildman–Crippen MR) is 73.1 cm³/mol. The van der Waals surface area contributed by atoms with Gasteiger partial charge in [-0.25, -0.2) is 0 Å². The Morgan fingerprint density at radius 1 is 0.722 bits per heavy atom. The van der Waals surface area contributed by atoms with Crippen molar-refractivity contribution in [3.8, 4) is 0 Å². The maximum absolute atomic E-state index is 13.0. The van der Waals surface area contributed by atoms with Gasteiger partial charge < -0.3 is 0 Å². The summed E-state index contributed by atoms with van der Waals surface area (Å²) in [7, 11) is 0. The summed E-state index contributed by atoms with van der Waals surface area (Å²) in [4.78, 5) is 0. The van der Waals surface area contributed by atoms with Gasteiger partial charge in [0.1, 0.15) is 0 Å². The zero-order chi connectivity index (χ0) is 13.1. The van der Waals surface area contributed by atoms with E-state index in [1.165, 1.54) is 21.1 Å². The van der Waals surface area contributed by atoms with Gasteiger partial charge in [0.2, 0.25) is 0 Å². The summed E-state index contributed by atoms with van der Waals surface area (Å²) >= 11 is 0.626. The molecule has 0 saturated heterocycles. The number of aryl methyl sites for hydroxylation is 2. The third kappa shape index (κ3) is 3.43. The third-order valence-corrected chi connectivity index (χ3v) is 10.2. The zero-order valence-corrected chi connectivity index (χ0v) is 13.5. The van der Waals surface area contributed by atoms with Crippen LogP contribution >= 0.6 is 0 Å². The van der Waals surface area contributed by atoms with E-state index in [-0.39, 0.29) is 11.6 Å². The molecule has 0 aromatic heterocycles. The molecule has 0 radical (unpaired) electrons. The second-order valence-corrected chi connectivity index (χ2v) is 10.2. The Balaban J connectivity index is 2.11. The third-order valence-electron chi connectivity index (χ3n) is 2.50. The van der Waals surface area contributed by atoms with E-state index in [0.29, 0.717) is 26.3 Å². The number of halogens is 2. The molecule has 94 valence electrons. The molecule has 0 atom stereocenters. The summed E-state index contributed by atoms with van der Waals surface area (Å²) < 4.78 is 28.4. The van der Waals surface area contributed by atoms with Gasteiger partial charge in [0, 0.05) is 0 Å². The summed E-state index contributed by atoms with van der Waals surface area (Å²) in [6.45, 7) is 3.88. The number of benzene rings is 2. The molecule has 0 unspecified atom stereocenters. The molecular weight excluding hydrogens is 364 g/mol. The summed E-state index contributed by atoms with van der Waals surface area (Å²) in [5, 5.41) is 0. The van der Waals surface area contributed by atoms with Crippen molar-refractivity contribution in [2.75, 3.05) is 0 Å². The van der Waals surface area contributed by atoms with Crippen LogP contribution in [0.3, 0.4) is 0 Å². The fraction of sp³-hybridized carbons (Fsp3) is 0.143. The van der Waals surface area contributed by atoms with Gasteiger partial charge in [0.25, 0.3) is 0 Å². The molecular formula is C14H12F2Se2. The fourth-order valence-corrected chi connectivity index (χ4v) is 9.23. The first-order valence-corrected chi connectivity index (χ1v) is 11.5.